The Bertz CT molecular complexity index is 1050. The molecule has 0 bridgehead atoms. The molecule has 1 aliphatic rings. The van der Waals surface area contributed by atoms with Gasteiger partial charge in [0.2, 0.25) is 5.91 Å². The molecule has 0 N–H and O–H groups in total. The lowest BCUT2D eigenvalue weighted by atomic mass is 10.0. The summed E-state index contributed by atoms with van der Waals surface area (Å²) in [7, 11) is 0. The first-order chi connectivity index (χ1) is 13.4. The van der Waals surface area contributed by atoms with E-state index >= 15 is 0 Å². The van der Waals surface area contributed by atoms with Crippen LogP contribution in [-0.2, 0) is 24.3 Å². The normalized spacial score (nSPS) is 16.1. The van der Waals surface area contributed by atoms with E-state index in [1.807, 2.05) is 26.0 Å². The molecule has 0 fully saturated rings. The van der Waals surface area contributed by atoms with Gasteiger partial charge >= 0.3 is 0 Å². The van der Waals surface area contributed by atoms with Crippen LogP contribution >= 0.6 is 0 Å². The lowest BCUT2D eigenvalue weighted by Crippen LogP contribution is -2.45. The van der Waals surface area contributed by atoms with E-state index in [1.54, 1.807) is 22.0 Å². The molecule has 5 nitrogen and oxygen atoms in total. The molecule has 7 heteroatoms. The van der Waals surface area contributed by atoms with Crippen LogP contribution in [0.3, 0.4) is 0 Å². The van der Waals surface area contributed by atoms with Gasteiger partial charge in [0.1, 0.15) is 11.6 Å². The summed E-state index contributed by atoms with van der Waals surface area (Å²) in [4.78, 5) is 18.9. The minimum absolute atomic E-state index is 0.00363. The van der Waals surface area contributed by atoms with Gasteiger partial charge in [-0.1, -0.05) is 0 Å². The third kappa shape index (κ3) is 3.40. The Labute approximate surface area is 161 Å². The van der Waals surface area contributed by atoms with Crippen LogP contribution in [0.25, 0.3) is 11.1 Å². The second-order valence-electron chi connectivity index (χ2n) is 7.16. The lowest BCUT2D eigenvalue weighted by molar-refractivity contribution is -0.134. The molecule has 0 aliphatic carbocycles. The number of amides is 1. The van der Waals surface area contributed by atoms with Crippen LogP contribution in [0.4, 0.5) is 8.78 Å². The highest BCUT2D eigenvalue weighted by atomic mass is 19.1. The molecule has 1 amide bonds. The molecule has 0 radical (unpaired) electrons. The molecule has 1 aromatic carbocycles. The summed E-state index contributed by atoms with van der Waals surface area (Å²) in [5.41, 5.74) is 3.40. The van der Waals surface area contributed by atoms with E-state index in [-0.39, 0.29) is 23.9 Å². The Morgan fingerprint density at radius 2 is 2.04 bits per heavy atom. The predicted molar refractivity (Wildman–Crippen MR) is 100 cm³/mol. The summed E-state index contributed by atoms with van der Waals surface area (Å²) >= 11 is 0. The van der Waals surface area contributed by atoms with Crippen LogP contribution in [0.1, 0.15) is 23.9 Å². The summed E-state index contributed by atoms with van der Waals surface area (Å²) < 4.78 is 29.3. The first kappa shape index (κ1) is 18.3. The molecule has 3 heterocycles. The highest BCUT2D eigenvalue weighted by Gasteiger charge is 2.30. The minimum atomic E-state index is -0.639. The standard InChI is InChI=1S/C21H20F2N4O/c1-13-7-15(5-6-24-13)8-21(28)26-12-20-18(10-25-27(20)11-14(26)2)17-4-3-16(22)9-19(17)23/h3-7,9-10,14H,8,11-12H2,1-2H3. The van der Waals surface area contributed by atoms with Crippen molar-refractivity contribution in [3.63, 3.8) is 0 Å². The van der Waals surface area contributed by atoms with Crippen LogP contribution in [0.15, 0.2) is 42.7 Å². The highest BCUT2D eigenvalue weighted by molar-refractivity contribution is 5.79. The SMILES string of the molecule is Cc1cc(CC(=O)N2Cc3c(-c4ccc(F)cc4F)cnn3CC2C)ccn1. The van der Waals surface area contributed by atoms with Gasteiger partial charge in [-0.25, -0.2) is 8.78 Å². The van der Waals surface area contributed by atoms with Gasteiger partial charge in [-0.05, 0) is 43.7 Å². The van der Waals surface area contributed by atoms with Crippen molar-refractivity contribution in [1.82, 2.24) is 19.7 Å². The predicted octanol–water partition coefficient (Wildman–Crippen LogP) is 3.51. The fourth-order valence-corrected chi connectivity index (χ4v) is 3.66. The van der Waals surface area contributed by atoms with E-state index in [0.717, 1.165) is 23.0 Å². The number of pyridine rings is 1. The first-order valence-electron chi connectivity index (χ1n) is 9.13. The van der Waals surface area contributed by atoms with Crippen molar-refractivity contribution in [3.8, 4) is 11.1 Å². The number of aryl methyl sites for hydroxylation is 1. The number of halogens is 2. The minimum Gasteiger partial charge on any atom is -0.332 e. The molecule has 1 atom stereocenters. The summed E-state index contributed by atoms with van der Waals surface area (Å²) in [5, 5.41) is 4.35. The van der Waals surface area contributed by atoms with Gasteiger partial charge in [0.05, 0.1) is 31.4 Å². The van der Waals surface area contributed by atoms with Gasteiger partial charge in [-0.3, -0.25) is 14.5 Å². The van der Waals surface area contributed by atoms with Gasteiger partial charge in [0.25, 0.3) is 0 Å². The monoisotopic (exact) mass is 382 g/mol. The Kier molecular flexibility index (Phi) is 4.66. The number of hydrogen-bond donors (Lipinski definition) is 0. The van der Waals surface area contributed by atoms with Crippen molar-refractivity contribution in [2.45, 2.75) is 39.4 Å². The Balaban J connectivity index is 1.62. The molecule has 1 unspecified atom stereocenters. The van der Waals surface area contributed by atoms with Gasteiger partial charge in [-0.2, -0.15) is 5.10 Å². The molecule has 0 saturated heterocycles. The third-order valence-electron chi connectivity index (χ3n) is 5.10. The Hall–Kier alpha value is -3.09. The number of fused-ring (bicyclic) bond motifs is 1. The summed E-state index contributed by atoms with van der Waals surface area (Å²) in [6.07, 6.45) is 3.56. The van der Waals surface area contributed by atoms with Crippen LogP contribution in [0.2, 0.25) is 0 Å². The summed E-state index contributed by atoms with van der Waals surface area (Å²) in [5.74, 6) is -1.27. The van der Waals surface area contributed by atoms with Gasteiger partial charge in [0.15, 0.2) is 0 Å². The van der Waals surface area contributed by atoms with Crippen molar-refractivity contribution < 1.29 is 13.6 Å². The molecule has 0 saturated carbocycles. The number of carbonyl (C=O) groups excluding carboxylic acids is 1. The van der Waals surface area contributed by atoms with Crippen molar-refractivity contribution in [2.75, 3.05) is 0 Å². The summed E-state index contributed by atoms with van der Waals surface area (Å²) in [6, 6.07) is 7.20. The van der Waals surface area contributed by atoms with Crippen LogP contribution in [0, 0.1) is 18.6 Å². The zero-order chi connectivity index (χ0) is 19.8. The van der Waals surface area contributed by atoms with Gasteiger partial charge in [0, 0.05) is 35.1 Å². The number of hydrogen-bond acceptors (Lipinski definition) is 3. The fourth-order valence-electron chi connectivity index (χ4n) is 3.66. The van der Waals surface area contributed by atoms with E-state index < -0.39 is 11.6 Å². The zero-order valence-electron chi connectivity index (χ0n) is 15.7. The number of benzene rings is 1. The molecule has 0 spiro atoms. The summed E-state index contributed by atoms with van der Waals surface area (Å²) in [6.45, 7) is 4.72. The van der Waals surface area contributed by atoms with E-state index in [4.69, 9.17) is 0 Å². The van der Waals surface area contributed by atoms with Crippen LogP contribution in [0.5, 0.6) is 0 Å². The van der Waals surface area contributed by atoms with E-state index in [0.29, 0.717) is 18.7 Å². The van der Waals surface area contributed by atoms with Gasteiger partial charge in [-0.15, -0.1) is 0 Å². The van der Waals surface area contributed by atoms with Crippen LogP contribution in [-0.4, -0.2) is 31.6 Å². The number of rotatable bonds is 3. The maximum absolute atomic E-state index is 14.3. The molecule has 3 aromatic rings. The number of aromatic nitrogens is 3. The fraction of sp³-hybridized carbons (Fsp3) is 0.286. The number of nitrogens with zero attached hydrogens (tertiary/aromatic N) is 4. The van der Waals surface area contributed by atoms with E-state index in [1.165, 1.54) is 12.1 Å². The second-order valence-corrected chi connectivity index (χ2v) is 7.16. The quantitative estimate of drug-likeness (QED) is 0.697. The first-order valence-corrected chi connectivity index (χ1v) is 9.13. The molecule has 4 rings (SSSR count). The van der Waals surface area contributed by atoms with Crippen molar-refractivity contribution in [1.29, 1.82) is 0 Å². The largest absolute Gasteiger partial charge is 0.332 e. The smallest absolute Gasteiger partial charge is 0.227 e. The molecule has 1 aliphatic heterocycles. The highest BCUT2D eigenvalue weighted by Crippen LogP contribution is 2.31. The third-order valence-corrected chi connectivity index (χ3v) is 5.10. The molecular formula is C21H20F2N4O. The molecule has 28 heavy (non-hydrogen) atoms. The van der Waals surface area contributed by atoms with Crippen molar-refractivity contribution in [3.05, 3.63) is 71.3 Å². The van der Waals surface area contributed by atoms with E-state index in [9.17, 15) is 13.6 Å². The Morgan fingerprint density at radius 1 is 1.21 bits per heavy atom. The lowest BCUT2D eigenvalue weighted by Gasteiger charge is -2.34. The zero-order valence-corrected chi connectivity index (χ0v) is 15.7. The van der Waals surface area contributed by atoms with E-state index in [2.05, 4.69) is 10.1 Å². The number of carbonyl (C=O) groups is 1. The van der Waals surface area contributed by atoms with Crippen molar-refractivity contribution >= 4 is 5.91 Å². The Morgan fingerprint density at radius 3 is 2.79 bits per heavy atom. The molecule has 144 valence electrons. The topological polar surface area (TPSA) is 51.0 Å². The molecular weight excluding hydrogens is 362 g/mol. The maximum atomic E-state index is 14.3. The maximum Gasteiger partial charge on any atom is 0.227 e. The van der Waals surface area contributed by atoms with Gasteiger partial charge < -0.3 is 4.90 Å². The average Bonchev–Trinajstić information content (AvgIpc) is 3.03. The average molecular weight is 382 g/mol. The molecule has 2 aromatic heterocycles. The van der Waals surface area contributed by atoms with Crippen LogP contribution < -0.4 is 0 Å². The van der Waals surface area contributed by atoms with Crippen molar-refractivity contribution in [2.24, 2.45) is 0 Å². The second kappa shape index (κ2) is 7.14.